The smallest absolute Gasteiger partial charge is 0.446 e. The summed E-state index contributed by atoms with van der Waals surface area (Å²) in [6, 6.07) is 16.3. The molecule has 0 fully saturated rings. The van der Waals surface area contributed by atoms with E-state index < -0.39 is 21.4 Å². The SMILES string of the molecule is Cc1c(O)n(-c2ccc(SC(F)(F)F)cc2)c(=O)n1Cc1ccnc(NS(=O)(=O)Nc2ccccc2)c1. The summed E-state index contributed by atoms with van der Waals surface area (Å²) in [5, 5.41) is 10.6. The van der Waals surface area contributed by atoms with Crippen molar-refractivity contribution in [1.29, 1.82) is 0 Å². The molecule has 0 aliphatic carbocycles. The molecule has 2 aromatic heterocycles. The summed E-state index contributed by atoms with van der Waals surface area (Å²) in [5.41, 5.74) is -3.82. The van der Waals surface area contributed by atoms with Crippen molar-refractivity contribution in [2.45, 2.75) is 23.9 Å². The van der Waals surface area contributed by atoms with Crippen LogP contribution in [0.5, 0.6) is 5.88 Å². The van der Waals surface area contributed by atoms with Gasteiger partial charge >= 0.3 is 21.4 Å². The zero-order valence-electron chi connectivity index (χ0n) is 19.1. The first kappa shape index (κ1) is 26.2. The highest BCUT2D eigenvalue weighted by atomic mass is 32.2. The standard InChI is InChI=1S/C23H20F3N5O4S2/c1-15-21(32)31(18-7-9-19(10-8-18)36-23(24,25)26)22(33)30(15)14-16-11-12-27-20(13-16)29-37(34,35)28-17-5-3-2-4-6-17/h2-13,28,32H,14H2,1H3,(H,27,29). The quantitative estimate of drug-likeness (QED) is 0.278. The van der Waals surface area contributed by atoms with Gasteiger partial charge in [0.1, 0.15) is 5.82 Å². The van der Waals surface area contributed by atoms with E-state index in [1.807, 2.05) is 0 Å². The third-order valence-corrected chi connectivity index (χ3v) is 6.84. The Balaban J connectivity index is 1.56. The summed E-state index contributed by atoms with van der Waals surface area (Å²) in [6.07, 6.45) is 1.37. The Morgan fingerprint density at radius 2 is 1.70 bits per heavy atom. The highest BCUT2D eigenvalue weighted by molar-refractivity contribution is 8.00. The van der Waals surface area contributed by atoms with Crippen LogP contribution in [0.4, 0.5) is 24.7 Å². The average Bonchev–Trinajstić information content (AvgIpc) is 3.02. The van der Waals surface area contributed by atoms with Crippen molar-refractivity contribution in [3.63, 3.8) is 0 Å². The molecule has 0 amide bonds. The second-order valence-electron chi connectivity index (χ2n) is 7.78. The monoisotopic (exact) mass is 551 g/mol. The minimum Gasteiger partial charge on any atom is -0.493 e. The van der Waals surface area contributed by atoms with E-state index in [9.17, 15) is 31.5 Å². The van der Waals surface area contributed by atoms with Crippen molar-refractivity contribution in [1.82, 2.24) is 14.1 Å². The predicted molar refractivity (Wildman–Crippen MR) is 134 cm³/mol. The number of nitrogens with zero attached hydrogens (tertiary/aromatic N) is 3. The van der Waals surface area contributed by atoms with E-state index in [1.54, 1.807) is 36.4 Å². The fourth-order valence-electron chi connectivity index (χ4n) is 3.49. The number of imidazole rings is 1. The number of hydrogen-bond acceptors (Lipinski definition) is 6. The maximum Gasteiger partial charge on any atom is 0.446 e. The number of anilines is 2. The lowest BCUT2D eigenvalue weighted by Gasteiger charge is -2.11. The first-order valence-corrected chi connectivity index (χ1v) is 12.9. The largest absolute Gasteiger partial charge is 0.493 e. The number of thioether (sulfide) groups is 1. The third-order valence-electron chi connectivity index (χ3n) is 5.12. The zero-order chi connectivity index (χ0) is 26.8. The van der Waals surface area contributed by atoms with E-state index in [0.717, 1.165) is 4.57 Å². The molecular formula is C23H20F3N5O4S2. The van der Waals surface area contributed by atoms with Crippen molar-refractivity contribution in [2.24, 2.45) is 0 Å². The molecule has 194 valence electrons. The molecule has 0 unspecified atom stereocenters. The summed E-state index contributed by atoms with van der Waals surface area (Å²) >= 11 is -0.286. The molecule has 4 rings (SSSR count). The number of halogens is 3. The lowest BCUT2D eigenvalue weighted by molar-refractivity contribution is -0.0328. The third kappa shape index (κ3) is 6.46. The van der Waals surface area contributed by atoms with Crippen LogP contribution in [-0.2, 0) is 16.8 Å². The van der Waals surface area contributed by atoms with Gasteiger partial charge in [0.2, 0.25) is 5.88 Å². The van der Waals surface area contributed by atoms with Gasteiger partial charge in [-0.3, -0.25) is 14.0 Å². The predicted octanol–water partition coefficient (Wildman–Crippen LogP) is 4.48. The average molecular weight is 552 g/mol. The maximum absolute atomic E-state index is 13.1. The van der Waals surface area contributed by atoms with Crippen LogP contribution >= 0.6 is 11.8 Å². The molecular weight excluding hydrogens is 531 g/mol. The lowest BCUT2D eigenvalue weighted by Crippen LogP contribution is -2.25. The van der Waals surface area contributed by atoms with Crippen LogP contribution < -0.4 is 15.1 Å². The van der Waals surface area contributed by atoms with E-state index in [1.165, 1.54) is 48.0 Å². The molecule has 0 aliphatic heterocycles. The minimum atomic E-state index is -4.45. The normalized spacial score (nSPS) is 11.9. The van der Waals surface area contributed by atoms with Gasteiger partial charge in [-0.05, 0) is 72.8 Å². The number of aromatic nitrogens is 3. The van der Waals surface area contributed by atoms with Crippen molar-refractivity contribution < 1.29 is 26.7 Å². The Bertz CT molecular complexity index is 1570. The Morgan fingerprint density at radius 1 is 1.03 bits per heavy atom. The number of alkyl halides is 3. The summed E-state index contributed by atoms with van der Waals surface area (Å²) in [5.74, 6) is -0.365. The molecule has 0 atom stereocenters. The van der Waals surface area contributed by atoms with Crippen molar-refractivity contribution >= 4 is 33.5 Å². The van der Waals surface area contributed by atoms with Gasteiger partial charge in [-0.25, -0.2) is 14.3 Å². The number of rotatable bonds is 8. The van der Waals surface area contributed by atoms with Gasteiger partial charge < -0.3 is 5.11 Å². The summed E-state index contributed by atoms with van der Waals surface area (Å²) in [4.78, 5) is 17.0. The van der Waals surface area contributed by atoms with Crippen LogP contribution in [0.2, 0.25) is 0 Å². The number of para-hydroxylation sites is 1. The second-order valence-corrected chi connectivity index (χ2v) is 10.3. The lowest BCUT2D eigenvalue weighted by atomic mass is 10.2. The topological polar surface area (TPSA) is 118 Å². The van der Waals surface area contributed by atoms with Crippen molar-refractivity contribution in [3.05, 3.63) is 94.7 Å². The molecule has 37 heavy (non-hydrogen) atoms. The Kier molecular flexibility index (Phi) is 7.23. The van der Waals surface area contributed by atoms with E-state index in [4.69, 9.17) is 0 Å². The molecule has 9 nitrogen and oxygen atoms in total. The van der Waals surface area contributed by atoms with Crippen LogP contribution in [0.3, 0.4) is 0 Å². The van der Waals surface area contributed by atoms with Crippen LogP contribution in [-0.4, -0.2) is 33.2 Å². The Morgan fingerprint density at radius 3 is 2.35 bits per heavy atom. The molecule has 0 aliphatic rings. The first-order valence-electron chi connectivity index (χ1n) is 10.6. The number of benzene rings is 2. The highest BCUT2D eigenvalue weighted by Gasteiger charge is 2.29. The molecule has 0 spiro atoms. The van der Waals surface area contributed by atoms with Crippen LogP contribution in [0.25, 0.3) is 5.69 Å². The van der Waals surface area contributed by atoms with E-state index in [2.05, 4.69) is 14.4 Å². The fraction of sp³-hybridized carbons (Fsp3) is 0.130. The first-order chi connectivity index (χ1) is 17.4. The molecule has 4 aromatic rings. The molecule has 0 saturated heterocycles. The summed E-state index contributed by atoms with van der Waals surface area (Å²) in [6.45, 7) is 1.48. The Labute approximate surface area is 213 Å². The van der Waals surface area contributed by atoms with Gasteiger partial charge in [-0.1, -0.05) is 18.2 Å². The van der Waals surface area contributed by atoms with Gasteiger partial charge in [0.25, 0.3) is 0 Å². The van der Waals surface area contributed by atoms with Gasteiger partial charge in [0.15, 0.2) is 0 Å². The van der Waals surface area contributed by atoms with Gasteiger partial charge in [-0.15, -0.1) is 0 Å². The summed E-state index contributed by atoms with van der Waals surface area (Å²) < 4.78 is 69.6. The number of pyridine rings is 1. The molecule has 0 radical (unpaired) electrons. The number of hydrogen-bond donors (Lipinski definition) is 3. The van der Waals surface area contributed by atoms with Gasteiger partial charge in [-0.2, -0.15) is 21.6 Å². The number of nitrogens with one attached hydrogen (secondary N) is 2. The summed E-state index contributed by atoms with van der Waals surface area (Å²) in [7, 11) is -3.99. The van der Waals surface area contributed by atoms with Crippen LogP contribution in [0.15, 0.2) is 82.6 Å². The maximum atomic E-state index is 13.1. The zero-order valence-corrected chi connectivity index (χ0v) is 20.7. The van der Waals surface area contributed by atoms with Crippen molar-refractivity contribution in [2.75, 3.05) is 9.44 Å². The van der Waals surface area contributed by atoms with Crippen LogP contribution in [0.1, 0.15) is 11.3 Å². The minimum absolute atomic E-state index is 0.00745. The van der Waals surface area contributed by atoms with E-state index >= 15 is 0 Å². The van der Waals surface area contributed by atoms with E-state index in [0.29, 0.717) is 11.3 Å². The molecule has 0 bridgehead atoms. The van der Waals surface area contributed by atoms with Gasteiger partial charge in [0, 0.05) is 11.1 Å². The molecule has 2 aromatic carbocycles. The highest BCUT2D eigenvalue weighted by Crippen LogP contribution is 2.37. The fourth-order valence-corrected chi connectivity index (χ4v) is 4.91. The Hall–Kier alpha value is -3.91. The van der Waals surface area contributed by atoms with E-state index in [-0.39, 0.29) is 46.3 Å². The second kappa shape index (κ2) is 10.2. The molecule has 2 heterocycles. The number of aromatic hydroxyl groups is 1. The van der Waals surface area contributed by atoms with Gasteiger partial charge in [0.05, 0.1) is 23.6 Å². The molecule has 14 heteroatoms. The van der Waals surface area contributed by atoms with Crippen LogP contribution in [0, 0.1) is 6.92 Å². The van der Waals surface area contributed by atoms with Crippen molar-refractivity contribution in [3.8, 4) is 11.6 Å². The molecule has 3 N–H and O–H groups in total. The molecule has 0 saturated carbocycles.